The van der Waals surface area contributed by atoms with Crippen LogP contribution in [-0.2, 0) is 6.18 Å². The van der Waals surface area contributed by atoms with Crippen LogP contribution in [0.3, 0.4) is 0 Å². The summed E-state index contributed by atoms with van der Waals surface area (Å²) in [5.74, 6) is 1.64. The number of halogens is 3. The molecule has 0 saturated heterocycles. The lowest BCUT2D eigenvalue weighted by Crippen LogP contribution is -2.16. The molecule has 0 N–H and O–H groups in total. The first-order valence-electron chi connectivity index (χ1n) is 21.3. The molecule has 14 heteroatoms. The van der Waals surface area contributed by atoms with Gasteiger partial charge in [0.05, 0.1) is 40.0 Å². The summed E-state index contributed by atoms with van der Waals surface area (Å²) in [5.41, 5.74) is 4.45. The molecule has 11 nitrogen and oxygen atoms in total. The van der Waals surface area contributed by atoms with Crippen molar-refractivity contribution >= 4 is 49.3 Å². The number of aromatic nitrogens is 10. The molecule has 0 amide bonds. The van der Waals surface area contributed by atoms with Gasteiger partial charge in [0.1, 0.15) is 5.56 Å². The molecule has 0 spiro atoms. The molecule has 6 heterocycles. The molecule has 0 fully saturated rings. The molecule has 0 aliphatic carbocycles. The fourth-order valence-electron chi connectivity index (χ4n) is 9.08. The topological polar surface area (TPSA) is 117 Å². The monoisotopic (exact) mass is 889 g/mol. The van der Waals surface area contributed by atoms with Crippen LogP contribution in [0.15, 0.2) is 183 Å². The van der Waals surface area contributed by atoms with Crippen LogP contribution in [0.5, 0.6) is 0 Å². The van der Waals surface area contributed by atoms with Gasteiger partial charge in [0.2, 0.25) is 0 Å². The third kappa shape index (κ3) is 6.76. The standard InChI is InChI=1S/C54H30F3N11/c1-58-38-8-2-7-32(25-38)37-30-47(67-43-26-33(50-59-17-3-18-60-50)9-13-39(43)40-14-10-34(27-44(40)67)51-61-19-4-20-62-51)49(54(55,56)57)48(31-37)68-45-28-35(52-63-21-5-22-64-52)11-15-41(45)42-16-12-36(29-46(42)68)53-65-23-6-24-66-53/h2-31H. The van der Waals surface area contributed by atoms with Gasteiger partial charge in [-0.25, -0.2) is 44.7 Å². The molecule has 0 aliphatic heterocycles. The summed E-state index contributed by atoms with van der Waals surface area (Å²) in [6, 6.07) is 39.2. The van der Waals surface area contributed by atoms with Crippen molar-refractivity contribution in [3.05, 3.63) is 200 Å². The maximum absolute atomic E-state index is 17.0. The Morgan fingerprint density at radius 2 is 0.706 bits per heavy atom. The van der Waals surface area contributed by atoms with Crippen LogP contribution in [0.25, 0.3) is 117 Å². The van der Waals surface area contributed by atoms with Crippen molar-refractivity contribution in [1.29, 1.82) is 0 Å². The second-order valence-corrected chi connectivity index (χ2v) is 15.9. The van der Waals surface area contributed by atoms with Crippen molar-refractivity contribution in [3.63, 3.8) is 0 Å². The van der Waals surface area contributed by atoms with Crippen molar-refractivity contribution < 1.29 is 13.2 Å². The van der Waals surface area contributed by atoms with Gasteiger partial charge in [0.25, 0.3) is 0 Å². The zero-order chi connectivity index (χ0) is 45.9. The first-order chi connectivity index (χ1) is 33.3. The lowest BCUT2D eigenvalue weighted by atomic mass is 9.98. The van der Waals surface area contributed by atoms with E-state index in [0.717, 1.165) is 0 Å². The Hall–Kier alpha value is -9.48. The summed E-state index contributed by atoms with van der Waals surface area (Å²) >= 11 is 0. The lowest BCUT2D eigenvalue weighted by Gasteiger charge is -2.23. The number of alkyl halides is 3. The summed E-state index contributed by atoms with van der Waals surface area (Å²) in [5, 5.41) is 2.80. The molecule has 6 aromatic heterocycles. The molecule has 0 bridgehead atoms. The van der Waals surface area contributed by atoms with Crippen LogP contribution >= 0.6 is 0 Å². The van der Waals surface area contributed by atoms with Gasteiger partial charge >= 0.3 is 6.18 Å². The van der Waals surface area contributed by atoms with E-state index in [9.17, 15) is 0 Å². The van der Waals surface area contributed by atoms with E-state index in [2.05, 4.69) is 44.7 Å². The third-order valence-electron chi connectivity index (χ3n) is 12.0. The predicted octanol–water partition coefficient (Wildman–Crippen LogP) is 12.9. The SMILES string of the molecule is [C-]#[N+]c1cccc(-c2cc(-n3c4cc(-c5ncccn5)ccc4c4ccc(-c5ncccn5)cc43)c(C(F)(F)F)c(-n3c4cc(-c5ncccn5)ccc4c4ccc(-c5ncccn5)cc43)c2)c1. The number of hydrogen-bond donors (Lipinski definition) is 0. The van der Waals surface area contributed by atoms with Crippen LogP contribution in [0.4, 0.5) is 18.9 Å². The quantitative estimate of drug-likeness (QED) is 0.145. The number of rotatable bonds is 7. The number of nitrogens with zero attached hydrogens (tertiary/aromatic N) is 11. The first kappa shape index (κ1) is 40.1. The van der Waals surface area contributed by atoms with Gasteiger partial charge in [-0.05, 0) is 77.9 Å². The third-order valence-corrected chi connectivity index (χ3v) is 12.0. The zero-order valence-electron chi connectivity index (χ0n) is 35.4. The molecule has 12 aromatic rings. The molecule has 0 aliphatic rings. The highest BCUT2D eigenvalue weighted by Crippen LogP contribution is 2.47. The summed E-state index contributed by atoms with van der Waals surface area (Å²) in [6.45, 7) is 7.88. The minimum atomic E-state index is -4.96. The molecule has 0 atom stereocenters. The molecule has 68 heavy (non-hydrogen) atoms. The lowest BCUT2D eigenvalue weighted by molar-refractivity contribution is -0.137. The van der Waals surface area contributed by atoms with Gasteiger partial charge in [-0.2, -0.15) is 13.2 Å². The van der Waals surface area contributed by atoms with Crippen LogP contribution < -0.4 is 0 Å². The average Bonchev–Trinajstić information content (AvgIpc) is 3.90. The Labute approximate surface area is 384 Å². The number of fused-ring (bicyclic) bond motifs is 6. The molecule has 6 aromatic carbocycles. The van der Waals surface area contributed by atoms with Gasteiger partial charge in [0, 0.05) is 93.4 Å². The van der Waals surface area contributed by atoms with E-state index in [4.69, 9.17) is 6.57 Å². The summed E-state index contributed by atoms with van der Waals surface area (Å²) in [6.07, 6.45) is 8.03. The summed E-state index contributed by atoms with van der Waals surface area (Å²) in [4.78, 5) is 39.6. The molecular weight excluding hydrogens is 860 g/mol. The van der Waals surface area contributed by atoms with Crippen molar-refractivity contribution in [2.75, 3.05) is 0 Å². The fourth-order valence-corrected chi connectivity index (χ4v) is 9.08. The number of hydrogen-bond acceptors (Lipinski definition) is 8. The van der Waals surface area contributed by atoms with Gasteiger partial charge in [-0.15, -0.1) is 0 Å². The first-order valence-corrected chi connectivity index (χ1v) is 21.3. The highest BCUT2D eigenvalue weighted by atomic mass is 19.4. The molecular formula is C54H30F3N11. The largest absolute Gasteiger partial charge is 0.420 e. The number of benzene rings is 6. The highest BCUT2D eigenvalue weighted by molar-refractivity contribution is 6.13. The second kappa shape index (κ2) is 15.9. The Morgan fingerprint density at radius 3 is 1.01 bits per heavy atom. The van der Waals surface area contributed by atoms with E-state index in [1.165, 1.54) is 0 Å². The van der Waals surface area contributed by atoms with Crippen molar-refractivity contribution in [2.45, 2.75) is 6.18 Å². The van der Waals surface area contributed by atoms with Crippen LogP contribution in [0.1, 0.15) is 5.56 Å². The zero-order valence-corrected chi connectivity index (χ0v) is 35.4. The predicted molar refractivity (Wildman–Crippen MR) is 256 cm³/mol. The summed E-state index contributed by atoms with van der Waals surface area (Å²) in [7, 11) is 0. The van der Waals surface area contributed by atoms with Gasteiger partial charge in [-0.3, -0.25) is 0 Å². The van der Waals surface area contributed by atoms with Gasteiger partial charge in [-0.1, -0.05) is 66.7 Å². The molecule has 322 valence electrons. The Bertz CT molecular complexity index is 3550. The van der Waals surface area contributed by atoms with E-state index < -0.39 is 11.7 Å². The average molecular weight is 890 g/mol. The minimum Gasteiger partial charge on any atom is -0.308 e. The maximum atomic E-state index is 17.0. The van der Waals surface area contributed by atoms with Crippen molar-refractivity contribution in [1.82, 2.24) is 49.0 Å². The van der Waals surface area contributed by atoms with E-state index >= 15 is 13.2 Å². The molecule has 0 unspecified atom stereocenters. The Morgan fingerprint density at radius 1 is 0.368 bits per heavy atom. The highest BCUT2D eigenvalue weighted by Gasteiger charge is 2.40. The van der Waals surface area contributed by atoms with Gasteiger partial charge < -0.3 is 9.13 Å². The molecule has 0 radical (unpaired) electrons. The molecule has 12 rings (SSSR count). The fraction of sp³-hybridized carbons (Fsp3) is 0.0185. The smallest absolute Gasteiger partial charge is 0.308 e. The maximum Gasteiger partial charge on any atom is 0.420 e. The van der Waals surface area contributed by atoms with Crippen molar-refractivity contribution in [2.24, 2.45) is 0 Å². The van der Waals surface area contributed by atoms with E-state index in [-0.39, 0.29) is 11.4 Å². The van der Waals surface area contributed by atoms with Crippen molar-refractivity contribution in [3.8, 4) is 68.1 Å². The van der Waals surface area contributed by atoms with E-state index in [0.29, 0.717) is 106 Å². The Balaban J connectivity index is 1.27. The van der Waals surface area contributed by atoms with Crippen LogP contribution in [-0.4, -0.2) is 49.0 Å². The Kier molecular flexibility index (Phi) is 9.36. The summed E-state index contributed by atoms with van der Waals surface area (Å²) < 4.78 is 54.3. The van der Waals surface area contributed by atoms with Crippen LogP contribution in [0, 0.1) is 6.57 Å². The van der Waals surface area contributed by atoms with Crippen LogP contribution in [0.2, 0.25) is 0 Å². The van der Waals surface area contributed by atoms with E-state index in [1.807, 2.05) is 72.8 Å². The van der Waals surface area contributed by atoms with E-state index in [1.54, 1.807) is 119 Å². The normalized spacial score (nSPS) is 11.7. The molecule has 0 saturated carbocycles. The second-order valence-electron chi connectivity index (χ2n) is 15.9. The van der Waals surface area contributed by atoms with Gasteiger partial charge in [0.15, 0.2) is 29.0 Å². The minimum absolute atomic E-state index is 0.157.